The number of carbonyl (C=O) groups is 1. The Hall–Kier alpha value is -2.13. The zero-order valence-electron chi connectivity index (χ0n) is 16.1. The van der Waals surface area contributed by atoms with Crippen molar-refractivity contribution in [3.05, 3.63) is 71.8 Å². The van der Waals surface area contributed by atoms with Gasteiger partial charge in [-0.25, -0.2) is 0 Å². The molecule has 2 heterocycles. The Morgan fingerprint density at radius 1 is 0.815 bits per heavy atom. The maximum absolute atomic E-state index is 13.0. The Bertz CT molecular complexity index is 723. The molecule has 2 aromatic rings. The summed E-state index contributed by atoms with van der Waals surface area (Å²) in [6.07, 6.45) is 4.44. The average Bonchev–Trinajstić information content (AvgIpc) is 3.18. The summed E-state index contributed by atoms with van der Waals surface area (Å²) in [5.74, 6) is 1.30. The van der Waals surface area contributed by atoms with Crippen LogP contribution in [0.3, 0.4) is 0 Å². The van der Waals surface area contributed by atoms with Gasteiger partial charge in [-0.2, -0.15) is 0 Å². The normalized spacial score (nSPS) is 21.5. The third kappa shape index (κ3) is 4.78. The first-order valence-electron chi connectivity index (χ1n) is 10.4. The van der Waals surface area contributed by atoms with Crippen molar-refractivity contribution in [1.82, 2.24) is 9.80 Å². The van der Waals surface area contributed by atoms with Gasteiger partial charge in [0.2, 0.25) is 5.91 Å². The summed E-state index contributed by atoms with van der Waals surface area (Å²) in [4.78, 5) is 17.5. The van der Waals surface area contributed by atoms with Gasteiger partial charge in [-0.3, -0.25) is 9.69 Å². The number of nitrogens with zero attached hydrogens (tertiary/aromatic N) is 2. The third-order valence-electron chi connectivity index (χ3n) is 6.16. The second-order valence-corrected chi connectivity index (χ2v) is 8.16. The van der Waals surface area contributed by atoms with Gasteiger partial charge < -0.3 is 4.90 Å². The van der Waals surface area contributed by atoms with E-state index in [4.69, 9.17) is 0 Å². The highest BCUT2D eigenvalue weighted by atomic mass is 16.2. The molecule has 1 unspecified atom stereocenters. The van der Waals surface area contributed by atoms with Crippen LogP contribution in [0.1, 0.15) is 30.4 Å². The molecule has 0 radical (unpaired) electrons. The Morgan fingerprint density at radius 3 is 2.11 bits per heavy atom. The Balaban J connectivity index is 1.24. The SMILES string of the molecule is O=C(C1CCN(Cc2ccccc2)C1)N1CCC(Cc2ccccc2)CC1. The van der Waals surface area contributed by atoms with Crippen molar-refractivity contribution in [2.45, 2.75) is 32.2 Å². The standard InChI is InChI=1S/C24H30N2O/c27-24(23-13-14-25(19-23)18-22-9-5-2-6-10-22)26-15-11-21(12-16-26)17-20-7-3-1-4-8-20/h1-10,21,23H,11-19H2. The zero-order chi connectivity index (χ0) is 18.5. The molecule has 4 rings (SSSR count). The van der Waals surface area contributed by atoms with Gasteiger partial charge in [0, 0.05) is 26.2 Å². The topological polar surface area (TPSA) is 23.6 Å². The van der Waals surface area contributed by atoms with Gasteiger partial charge in [0.15, 0.2) is 0 Å². The second-order valence-electron chi connectivity index (χ2n) is 8.16. The van der Waals surface area contributed by atoms with E-state index in [0.29, 0.717) is 5.91 Å². The highest BCUT2D eigenvalue weighted by Gasteiger charge is 2.33. The lowest BCUT2D eigenvalue weighted by atomic mass is 9.89. The fourth-order valence-electron chi connectivity index (χ4n) is 4.58. The van der Waals surface area contributed by atoms with Crippen LogP contribution in [0.4, 0.5) is 0 Å². The van der Waals surface area contributed by atoms with E-state index in [1.54, 1.807) is 0 Å². The maximum Gasteiger partial charge on any atom is 0.227 e. The first kappa shape index (κ1) is 18.2. The van der Waals surface area contributed by atoms with Gasteiger partial charge in [-0.15, -0.1) is 0 Å². The predicted octanol–water partition coefficient (Wildman–Crippen LogP) is 3.99. The molecule has 0 bridgehead atoms. The zero-order valence-corrected chi connectivity index (χ0v) is 16.1. The van der Waals surface area contributed by atoms with E-state index in [1.807, 2.05) is 0 Å². The summed E-state index contributed by atoms with van der Waals surface area (Å²) < 4.78 is 0. The average molecular weight is 363 g/mol. The van der Waals surface area contributed by atoms with Crippen LogP contribution in [-0.4, -0.2) is 41.9 Å². The molecule has 1 amide bonds. The smallest absolute Gasteiger partial charge is 0.227 e. The fourth-order valence-corrected chi connectivity index (χ4v) is 4.58. The van der Waals surface area contributed by atoms with E-state index >= 15 is 0 Å². The molecule has 2 aliphatic heterocycles. The summed E-state index contributed by atoms with van der Waals surface area (Å²) in [7, 11) is 0. The van der Waals surface area contributed by atoms with E-state index in [1.165, 1.54) is 11.1 Å². The number of carbonyl (C=O) groups excluding carboxylic acids is 1. The van der Waals surface area contributed by atoms with Crippen LogP contribution in [0, 0.1) is 11.8 Å². The predicted molar refractivity (Wildman–Crippen MR) is 109 cm³/mol. The quantitative estimate of drug-likeness (QED) is 0.803. The van der Waals surface area contributed by atoms with Crippen LogP contribution < -0.4 is 0 Å². The second kappa shape index (κ2) is 8.71. The van der Waals surface area contributed by atoms with Crippen LogP contribution in [0.15, 0.2) is 60.7 Å². The third-order valence-corrected chi connectivity index (χ3v) is 6.16. The molecular formula is C24H30N2O. The molecule has 0 aromatic heterocycles. The number of benzene rings is 2. The molecule has 2 fully saturated rings. The molecule has 3 nitrogen and oxygen atoms in total. The lowest BCUT2D eigenvalue weighted by molar-refractivity contribution is -0.136. The molecule has 2 saturated heterocycles. The molecule has 2 aliphatic rings. The number of rotatable bonds is 5. The molecule has 1 atom stereocenters. The minimum Gasteiger partial charge on any atom is -0.342 e. The van der Waals surface area contributed by atoms with E-state index in [0.717, 1.165) is 64.3 Å². The molecule has 0 spiro atoms. The summed E-state index contributed by atoms with van der Waals surface area (Å²) in [5.41, 5.74) is 2.77. The lowest BCUT2D eigenvalue weighted by Gasteiger charge is -2.33. The van der Waals surface area contributed by atoms with Gasteiger partial charge >= 0.3 is 0 Å². The largest absolute Gasteiger partial charge is 0.342 e. The van der Waals surface area contributed by atoms with Crippen molar-refractivity contribution in [3.8, 4) is 0 Å². The Kier molecular flexibility index (Phi) is 5.88. The minimum atomic E-state index is 0.194. The minimum absolute atomic E-state index is 0.194. The first-order chi connectivity index (χ1) is 13.3. The summed E-state index contributed by atoms with van der Waals surface area (Å²) in [5, 5.41) is 0. The molecular weight excluding hydrogens is 332 g/mol. The van der Waals surface area contributed by atoms with Gasteiger partial charge in [0.05, 0.1) is 5.92 Å². The first-order valence-corrected chi connectivity index (χ1v) is 10.4. The number of amides is 1. The van der Waals surface area contributed by atoms with Crippen molar-refractivity contribution in [3.63, 3.8) is 0 Å². The number of hydrogen-bond acceptors (Lipinski definition) is 2. The van der Waals surface area contributed by atoms with Crippen LogP contribution >= 0.6 is 0 Å². The van der Waals surface area contributed by atoms with Crippen LogP contribution in [-0.2, 0) is 17.8 Å². The Morgan fingerprint density at radius 2 is 1.44 bits per heavy atom. The van der Waals surface area contributed by atoms with Crippen LogP contribution in [0.2, 0.25) is 0 Å². The van der Waals surface area contributed by atoms with Gasteiger partial charge in [-0.05, 0) is 49.3 Å². The summed E-state index contributed by atoms with van der Waals surface area (Å²) >= 11 is 0. The van der Waals surface area contributed by atoms with Crippen molar-refractivity contribution in [2.24, 2.45) is 11.8 Å². The van der Waals surface area contributed by atoms with Crippen LogP contribution in [0.5, 0.6) is 0 Å². The van der Waals surface area contributed by atoms with Crippen molar-refractivity contribution < 1.29 is 4.79 Å². The fraction of sp³-hybridized carbons (Fsp3) is 0.458. The number of hydrogen-bond donors (Lipinski definition) is 0. The number of likely N-dealkylation sites (tertiary alicyclic amines) is 2. The summed E-state index contributed by atoms with van der Waals surface area (Å²) in [6, 6.07) is 21.3. The molecule has 27 heavy (non-hydrogen) atoms. The molecule has 0 saturated carbocycles. The number of piperidine rings is 1. The molecule has 3 heteroatoms. The van der Waals surface area contributed by atoms with Gasteiger partial charge in [0.25, 0.3) is 0 Å². The molecule has 0 N–H and O–H groups in total. The van der Waals surface area contributed by atoms with Gasteiger partial charge in [-0.1, -0.05) is 60.7 Å². The van der Waals surface area contributed by atoms with Crippen LogP contribution in [0.25, 0.3) is 0 Å². The van der Waals surface area contributed by atoms with E-state index in [9.17, 15) is 4.79 Å². The highest BCUT2D eigenvalue weighted by Crippen LogP contribution is 2.26. The molecule has 2 aromatic carbocycles. The highest BCUT2D eigenvalue weighted by molar-refractivity contribution is 5.79. The van der Waals surface area contributed by atoms with Crippen molar-refractivity contribution >= 4 is 5.91 Å². The Labute approximate surface area is 163 Å². The van der Waals surface area contributed by atoms with Crippen molar-refractivity contribution in [1.29, 1.82) is 0 Å². The van der Waals surface area contributed by atoms with E-state index in [2.05, 4.69) is 70.5 Å². The van der Waals surface area contributed by atoms with E-state index in [-0.39, 0.29) is 5.92 Å². The lowest BCUT2D eigenvalue weighted by Crippen LogP contribution is -2.42. The van der Waals surface area contributed by atoms with E-state index < -0.39 is 0 Å². The monoisotopic (exact) mass is 362 g/mol. The molecule has 0 aliphatic carbocycles. The maximum atomic E-state index is 13.0. The molecule has 142 valence electrons. The van der Waals surface area contributed by atoms with Gasteiger partial charge in [0.1, 0.15) is 0 Å². The summed E-state index contributed by atoms with van der Waals surface area (Å²) in [6.45, 7) is 4.79. The van der Waals surface area contributed by atoms with Crippen molar-refractivity contribution in [2.75, 3.05) is 26.2 Å².